The molecule has 1 atom stereocenters. The first kappa shape index (κ1) is 10.1. The van der Waals surface area contributed by atoms with E-state index in [0.29, 0.717) is 6.04 Å². The van der Waals surface area contributed by atoms with E-state index in [1.54, 1.807) is 0 Å². The number of imidazole rings is 1. The Balaban J connectivity index is 2.62. The Hall–Kier alpha value is -1.03. The summed E-state index contributed by atoms with van der Waals surface area (Å²) in [5, 5.41) is 3.05. The molecule has 0 amide bonds. The highest BCUT2D eigenvalue weighted by Gasteiger charge is 2.07. The molecule has 74 valence electrons. The highest BCUT2D eigenvalue weighted by Crippen LogP contribution is 2.05. The van der Waals surface area contributed by atoms with Gasteiger partial charge in [0.1, 0.15) is 0 Å². The molecule has 0 saturated carbocycles. The number of nitrogens with zero attached hydrogens (tertiary/aromatic N) is 3. The van der Waals surface area contributed by atoms with Gasteiger partial charge in [0.05, 0.1) is 0 Å². The molecular weight excluding hydrogens is 164 g/mol. The standard InChI is InChI=1S/C9H18N4/c1-8(12(3)4)7-13-6-5-11-9(13)10-2/h5-6,8H,7H2,1-4H3,(H,10,11). The van der Waals surface area contributed by atoms with E-state index >= 15 is 0 Å². The summed E-state index contributed by atoms with van der Waals surface area (Å²) < 4.78 is 2.12. The van der Waals surface area contributed by atoms with Crippen LogP contribution in [0.2, 0.25) is 0 Å². The first-order valence-corrected chi connectivity index (χ1v) is 4.50. The Morgan fingerprint density at radius 1 is 1.62 bits per heavy atom. The van der Waals surface area contributed by atoms with Crippen LogP contribution in [0.3, 0.4) is 0 Å². The number of hydrogen-bond donors (Lipinski definition) is 1. The maximum absolute atomic E-state index is 4.18. The van der Waals surface area contributed by atoms with Crippen molar-refractivity contribution in [2.45, 2.75) is 19.5 Å². The summed E-state index contributed by atoms with van der Waals surface area (Å²) in [5.74, 6) is 0.925. The van der Waals surface area contributed by atoms with Gasteiger partial charge in [-0.1, -0.05) is 0 Å². The molecule has 1 aromatic rings. The fourth-order valence-electron chi connectivity index (χ4n) is 1.13. The minimum absolute atomic E-state index is 0.515. The predicted octanol–water partition coefficient (Wildman–Crippen LogP) is 0.875. The van der Waals surface area contributed by atoms with E-state index in [1.165, 1.54) is 0 Å². The number of rotatable bonds is 4. The minimum atomic E-state index is 0.515. The van der Waals surface area contributed by atoms with Gasteiger partial charge in [0.2, 0.25) is 5.95 Å². The van der Waals surface area contributed by atoms with Crippen LogP contribution >= 0.6 is 0 Å². The molecule has 0 aliphatic rings. The van der Waals surface area contributed by atoms with Crippen molar-refractivity contribution in [3.63, 3.8) is 0 Å². The first-order chi connectivity index (χ1) is 6.15. The van der Waals surface area contributed by atoms with Gasteiger partial charge in [0.15, 0.2) is 0 Å². The summed E-state index contributed by atoms with van der Waals surface area (Å²) in [6, 6.07) is 0.515. The number of nitrogens with one attached hydrogen (secondary N) is 1. The second-order valence-electron chi connectivity index (χ2n) is 3.47. The molecule has 1 unspecified atom stereocenters. The molecular formula is C9H18N4. The Labute approximate surface area is 79.6 Å². The molecule has 4 heteroatoms. The smallest absolute Gasteiger partial charge is 0.202 e. The average molecular weight is 182 g/mol. The molecule has 0 spiro atoms. The van der Waals surface area contributed by atoms with Gasteiger partial charge >= 0.3 is 0 Å². The van der Waals surface area contributed by atoms with Crippen LogP contribution in [0.4, 0.5) is 5.95 Å². The van der Waals surface area contributed by atoms with Gasteiger partial charge in [0, 0.05) is 32.0 Å². The monoisotopic (exact) mass is 182 g/mol. The molecule has 0 fully saturated rings. The number of likely N-dealkylation sites (N-methyl/N-ethyl adjacent to an activating group) is 1. The predicted molar refractivity (Wildman–Crippen MR) is 54.9 cm³/mol. The summed E-state index contributed by atoms with van der Waals surface area (Å²) in [5.41, 5.74) is 0. The Morgan fingerprint density at radius 2 is 2.31 bits per heavy atom. The highest BCUT2D eigenvalue weighted by atomic mass is 15.2. The second-order valence-corrected chi connectivity index (χ2v) is 3.47. The molecule has 0 aromatic carbocycles. The van der Waals surface area contributed by atoms with Gasteiger partial charge in [0.25, 0.3) is 0 Å². The van der Waals surface area contributed by atoms with Gasteiger partial charge < -0.3 is 14.8 Å². The van der Waals surface area contributed by atoms with Crippen molar-refractivity contribution < 1.29 is 0 Å². The molecule has 0 aliphatic carbocycles. The zero-order valence-corrected chi connectivity index (χ0v) is 8.78. The third kappa shape index (κ3) is 2.45. The van der Waals surface area contributed by atoms with Gasteiger partial charge in [-0.3, -0.25) is 0 Å². The number of aromatic nitrogens is 2. The molecule has 1 N–H and O–H groups in total. The minimum Gasteiger partial charge on any atom is -0.359 e. The van der Waals surface area contributed by atoms with E-state index in [0.717, 1.165) is 12.5 Å². The van der Waals surface area contributed by atoms with Crippen molar-refractivity contribution in [3.8, 4) is 0 Å². The van der Waals surface area contributed by atoms with Gasteiger partial charge in [-0.05, 0) is 21.0 Å². The van der Waals surface area contributed by atoms with E-state index in [4.69, 9.17) is 0 Å². The molecule has 0 saturated heterocycles. The fraction of sp³-hybridized carbons (Fsp3) is 0.667. The lowest BCUT2D eigenvalue weighted by atomic mass is 10.3. The maximum Gasteiger partial charge on any atom is 0.202 e. The van der Waals surface area contributed by atoms with E-state index < -0.39 is 0 Å². The quantitative estimate of drug-likeness (QED) is 0.750. The second kappa shape index (κ2) is 4.28. The van der Waals surface area contributed by atoms with E-state index in [-0.39, 0.29) is 0 Å². The SMILES string of the molecule is CNc1nccn1CC(C)N(C)C. The van der Waals surface area contributed by atoms with Crippen molar-refractivity contribution in [2.24, 2.45) is 0 Å². The van der Waals surface area contributed by atoms with Crippen LogP contribution in [-0.2, 0) is 6.54 Å². The molecule has 1 aromatic heterocycles. The summed E-state index contributed by atoms with van der Waals surface area (Å²) in [6.07, 6.45) is 3.81. The topological polar surface area (TPSA) is 33.1 Å². The van der Waals surface area contributed by atoms with Crippen LogP contribution in [0.25, 0.3) is 0 Å². The lowest BCUT2D eigenvalue weighted by molar-refractivity contribution is 0.285. The normalized spacial score (nSPS) is 13.3. The van der Waals surface area contributed by atoms with Gasteiger partial charge in [-0.2, -0.15) is 0 Å². The Morgan fingerprint density at radius 3 is 2.85 bits per heavy atom. The highest BCUT2D eigenvalue weighted by molar-refractivity contribution is 5.24. The maximum atomic E-state index is 4.18. The van der Waals surface area contributed by atoms with Crippen molar-refractivity contribution in [3.05, 3.63) is 12.4 Å². The van der Waals surface area contributed by atoms with Crippen LogP contribution < -0.4 is 5.32 Å². The largest absolute Gasteiger partial charge is 0.359 e. The first-order valence-electron chi connectivity index (χ1n) is 4.50. The van der Waals surface area contributed by atoms with Crippen molar-refractivity contribution in [1.82, 2.24) is 14.5 Å². The molecule has 1 rings (SSSR count). The van der Waals surface area contributed by atoms with E-state index in [1.807, 2.05) is 19.4 Å². The zero-order chi connectivity index (χ0) is 9.84. The van der Waals surface area contributed by atoms with Crippen molar-refractivity contribution in [2.75, 3.05) is 26.5 Å². The fourth-order valence-corrected chi connectivity index (χ4v) is 1.13. The molecule has 4 nitrogen and oxygen atoms in total. The number of anilines is 1. The average Bonchev–Trinajstić information content (AvgIpc) is 2.51. The van der Waals surface area contributed by atoms with Crippen LogP contribution in [0.5, 0.6) is 0 Å². The van der Waals surface area contributed by atoms with Crippen LogP contribution in [0, 0.1) is 0 Å². The summed E-state index contributed by atoms with van der Waals surface area (Å²) in [7, 11) is 6.06. The molecule has 0 bridgehead atoms. The van der Waals surface area contributed by atoms with E-state index in [9.17, 15) is 0 Å². The summed E-state index contributed by atoms with van der Waals surface area (Å²) in [4.78, 5) is 6.37. The number of hydrogen-bond acceptors (Lipinski definition) is 3. The molecule has 0 aliphatic heterocycles. The van der Waals surface area contributed by atoms with E-state index in [2.05, 4.69) is 40.8 Å². The summed E-state index contributed by atoms with van der Waals surface area (Å²) >= 11 is 0. The van der Waals surface area contributed by atoms with Gasteiger partial charge in [-0.25, -0.2) is 4.98 Å². The van der Waals surface area contributed by atoms with Crippen LogP contribution in [0.15, 0.2) is 12.4 Å². The van der Waals surface area contributed by atoms with Crippen molar-refractivity contribution >= 4 is 5.95 Å². The molecule has 0 radical (unpaired) electrons. The lowest BCUT2D eigenvalue weighted by Crippen LogP contribution is -2.29. The van der Waals surface area contributed by atoms with Crippen LogP contribution in [-0.4, -0.2) is 41.6 Å². The third-order valence-electron chi connectivity index (χ3n) is 2.28. The van der Waals surface area contributed by atoms with Crippen LogP contribution in [0.1, 0.15) is 6.92 Å². The molecule has 1 heterocycles. The van der Waals surface area contributed by atoms with Gasteiger partial charge in [-0.15, -0.1) is 0 Å². The third-order valence-corrected chi connectivity index (χ3v) is 2.28. The Bertz CT molecular complexity index is 254. The summed E-state index contributed by atoms with van der Waals surface area (Å²) in [6.45, 7) is 3.16. The van der Waals surface area contributed by atoms with Crippen molar-refractivity contribution in [1.29, 1.82) is 0 Å². The lowest BCUT2D eigenvalue weighted by Gasteiger charge is -2.20. The molecule has 13 heavy (non-hydrogen) atoms. The Kier molecular flexibility index (Phi) is 3.31. The zero-order valence-electron chi connectivity index (χ0n) is 8.78.